The number of aromatic nitrogens is 2. The largest absolute Gasteiger partial charge is 0.264 e. The molecule has 0 bridgehead atoms. The molecule has 0 saturated heterocycles. The fraction of sp³-hybridized carbons (Fsp3) is 0.0625. The molecule has 0 saturated carbocycles. The molecule has 2 heterocycles. The van der Waals surface area contributed by atoms with Crippen molar-refractivity contribution in [3.8, 4) is 11.1 Å². The number of aryl methyl sites for hydroxylation is 2. The van der Waals surface area contributed by atoms with Crippen molar-refractivity contribution in [3.05, 3.63) is 144 Å². The second kappa shape index (κ2) is 9.60. The first-order valence-corrected chi connectivity index (χ1v) is 13.7. The fourth-order valence-electron chi connectivity index (χ4n) is 4.83. The molecule has 4 nitrogen and oxygen atoms in total. The van der Waals surface area contributed by atoms with Crippen LogP contribution < -0.4 is 0 Å². The van der Waals surface area contributed by atoms with Gasteiger partial charge in [-0.05, 0) is 93.8 Å². The van der Waals surface area contributed by atoms with Crippen LogP contribution in [0.5, 0.6) is 0 Å². The molecule has 0 amide bonds. The average Bonchev–Trinajstić information content (AvgIpc) is 3.26. The molecule has 5 aromatic rings. The van der Waals surface area contributed by atoms with Gasteiger partial charge in [-0.2, -0.15) is 0 Å². The van der Waals surface area contributed by atoms with E-state index in [0.29, 0.717) is 0 Å². The molecule has 0 unspecified atom stereocenters. The summed E-state index contributed by atoms with van der Waals surface area (Å²) >= 11 is 0. The summed E-state index contributed by atoms with van der Waals surface area (Å²) in [5, 5.41) is 0. The predicted octanol–water partition coefficient (Wildman–Crippen LogP) is 6.66. The van der Waals surface area contributed by atoms with Gasteiger partial charge < -0.3 is 0 Å². The summed E-state index contributed by atoms with van der Waals surface area (Å²) < 4.78 is 26.5. The van der Waals surface area contributed by atoms with Gasteiger partial charge in [-0.15, -0.1) is 0 Å². The molecule has 3 aromatic carbocycles. The van der Waals surface area contributed by atoms with E-state index in [2.05, 4.69) is 58.5 Å². The Morgan fingerprint density at radius 3 is 2.03 bits per heavy atom. The number of benzene rings is 3. The lowest BCUT2D eigenvalue weighted by Gasteiger charge is -2.08. The van der Waals surface area contributed by atoms with E-state index in [0.717, 1.165) is 46.2 Å². The Kier molecular flexibility index (Phi) is 5.99. The van der Waals surface area contributed by atoms with Crippen molar-refractivity contribution < 1.29 is 8.42 Å². The number of hydrogen-bond donors (Lipinski definition) is 0. The number of nitrogens with zero attached hydrogens (tertiary/aromatic N) is 2. The first-order chi connectivity index (χ1) is 18.1. The number of hydrogen-bond acceptors (Lipinski definition) is 4. The zero-order valence-electron chi connectivity index (χ0n) is 20.1. The van der Waals surface area contributed by atoms with Crippen LogP contribution in [0, 0.1) is 0 Å². The lowest BCUT2D eigenvalue weighted by atomic mass is 9.99. The molecule has 2 aromatic heterocycles. The molecule has 0 spiro atoms. The second-order valence-electron chi connectivity index (χ2n) is 9.11. The maximum atomic E-state index is 13.2. The number of fused-ring (bicyclic) bond motifs is 3. The molecule has 0 atom stereocenters. The van der Waals surface area contributed by atoms with Gasteiger partial charge in [0.25, 0.3) is 0 Å². The highest BCUT2D eigenvalue weighted by atomic mass is 32.2. The third kappa shape index (κ3) is 4.50. The van der Waals surface area contributed by atoms with Crippen LogP contribution in [-0.4, -0.2) is 18.4 Å². The van der Waals surface area contributed by atoms with E-state index in [1.807, 2.05) is 30.5 Å². The van der Waals surface area contributed by atoms with Gasteiger partial charge in [0, 0.05) is 24.8 Å². The third-order valence-corrected chi connectivity index (χ3v) is 8.50. The van der Waals surface area contributed by atoms with E-state index in [-0.39, 0.29) is 9.79 Å². The Morgan fingerprint density at radius 1 is 0.595 bits per heavy atom. The van der Waals surface area contributed by atoms with Gasteiger partial charge in [0.05, 0.1) is 9.79 Å². The van der Waals surface area contributed by atoms with Crippen molar-refractivity contribution in [3.63, 3.8) is 0 Å². The SMILES string of the molecule is O=S(=O)(c1cccnc1)c1ccc2c(c1)-c1ccccc1/C2=C/c1ccc(CCc2cccnc2)cc1. The minimum absolute atomic E-state index is 0.195. The van der Waals surface area contributed by atoms with E-state index >= 15 is 0 Å². The van der Waals surface area contributed by atoms with Crippen LogP contribution in [0.25, 0.3) is 22.8 Å². The Labute approximate surface area is 216 Å². The molecule has 5 heteroatoms. The molecule has 0 N–H and O–H groups in total. The van der Waals surface area contributed by atoms with E-state index in [1.165, 1.54) is 17.3 Å². The Morgan fingerprint density at radius 2 is 1.30 bits per heavy atom. The second-order valence-corrected chi connectivity index (χ2v) is 11.1. The summed E-state index contributed by atoms with van der Waals surface area (Å²) in [4.78, 5) is 8.65. The zero-order chi connectivity index (χ0) is 25.2. The molecule has 37 heavy (non-hydrogen) atoms. The van der Waals surface area contributed by atoms with Crippen molar-refractivity contribution in [1.82, 2.24) is 9.97 Å². The average molecular weight is 501 g/mol. The van der Waals surface area contributed by atoms with E-state index < -0.39 is 9.84 Å². The van der Waals surface area contributed by atoms with Crippen LogP contribution in [0.4, 0.5) is 0 Å². The minimum Gasteiger partial charge on any atom is -0.264 e. The topological polar surface area (TPSA) is 59.9 Å². The van der Waals surface area contributed by atoms with E-state index in [9.17, 15) is 8.42 Å². The molecule has 1 aliphatic carbocycles. The normalized spacial score (nSPS) is 13.4. The summed E-state index contributed by atoms with van der Waals surface area (Å²) in [7, 11) is -3.66. The van der Waals surface area contributed by atoms with Crippen LogP contribution in [0.15, 0.2) is 126 Å². The van der Waals surface area contributed by atoms with Crippen molar-refractivity contribution >= 4 is 21.5 Å². The minimum atomic E-state index is -3.66. The summed E-state index contributed by atoms with van der Waals surface area (Å²) in [5.41, 5.74) is 8.83. The summed E-state index contributed by atoms with van der Waals surface area (Å²) in [6.07, 6.45) is 10.8. The standard InChI is InChI=1S/C32H24N2O2S/c35-37(36,27-6-4-18-34-22-27)26-15-16-30-31(28-7-1-2-8-29(28)32(30)20-26)19-24-12-9-23(10-13-24)11-14-25-5-3-17-33-21-25/h1-10,12-13,15-22H,11,14H2/b31-19-. The summed E-state index contributed by atoms with van der Waals surface area (Å²) in [5.74, 6) is 0. The summed E-state index contributed by atoms with van der Waals surface area (Å²) in [6.45, 7) is 0. The quantitative estimate of drug-likeness (QED) is 0.256. The Balaban J connectivity index is 1.33. The monoisotopic (exact) mass is 500 g/mol. The van der Waals surface area contributed by atoms with Gasteiger partial charge in [0.2, 0.25) is 9.84 Å². The molecular weight excluding hydrogens is 476 g/mol. The van der Waals surface area contributed by atoms with Gasteiger partial charge >= 0.3 is 0 Å². The molecular formula is C32H24N2O2S. The number of pyridine rings is 2. The lowest BCUT2D eigenvalue weighted by molar-refractivity contribution is 0.595. The van der Waals surface area contributed by atoms with Crippen molar-refractivity contribution in [2.24, 2.45) is 0 Å². The predicted molar refractivity (Wildman–Crippen MR) is 147 cm³/mol. The van der Waals surface area contributed by atoms with Crippen molar-refractivity contribution in [2.45, 2.75) is 22.6 Å². The smallest absolute Gasteiger partial charge is 0.208 e. The molecule has 1 aliphatic rings. The van der Waals surface area contributed by atoms with Crippen LogP contribution >= 0.6 is 0 Å². The third-order valence-electron chi connectivity index (χ3n) is 6.76. The fourth-order valence-corrected chi connectivity index (χ4v) is 6.08. The first kappa shape index (κ1) is 23.1. The van der Waals surface area contributed by atoms with Crippen molar-refractivity contribution in [1.29, 1.82) is 0 Å². The van der Waals surface area contributed by atoms with Crippen LogP contribution in [0.2, 0.25) is 0 Å². The number of sulfone groups is 1. The van der Waals surface area contributed by atoms with Gasteiger partial charge in [0.15, 0.2) is 0 Å². The highest BCUT2D eigenvalue weighted by molar-refractivity contribution is 7.91. The van der Waals surface area contributed by atoms with Crippen LogP contribution in [0.3, 0.4) is 0 Å². The van der Waals surface area contributed by atoms with Gasteiger partial charge in [-0.3, -0.25) is 9.97 Å². The lowest BCUT2D eigenvalue weighted by Crippen LogP contribution is -2.02. The molecule has 180 valence electrons. The Bertz CT molecular complexity index is 1710. The Hall–Kier alpha value is -4.35. The van der Waals surface area contributed by atoms with Crippen LogP contribution in [-0.2, 0) is 22.7 Å². The van der Waals surface area contributed by atoms with Crippen molar-refractivity contribution in [2.75, 3.05) is 0 Å². The van der Waals surface area contributed by atoms with Crippen LogP contribution in [0.1, 0.15) is 27.8 Å². The molecule has 0 radical (unpaired) electrons. The van der Waals surface area contributed by atoms with E-state index in [4.69, 9.17) is 0 Å². The van der Waals surface area contributed by atoms with Gasteiger partial charge in [-0.25, -0.2) is 8.42 Å². The number of rotatable bonds is 6. The molecule has 0 fully saturated rings. The summed E-state index contributed by atoms with van der Waals surface area (Å²) in [6, 6.07) is 29.5. The van der Waals surface area contributed by atoms with Gasteiger partial charge in [-0.1, -0.05) is 60.7 Å². The maximum Gasteiger partial charge on any atom is 0.208 e. The highest BCUT2D eigenvalue weighted by Crippen LogP contribution is 2.46. The molecule has 6 rings (SSSR count). The van der Waals surface area contributed by atoms with E-state index in [1.54, 1.807) is 36.7 Å². The first-order valence-electron chi connectivity index (χ1n) is 12.2. The molecule has 0 aliphatic heterocycles. The maximum absolute atomic E-state index is 13.2. The highest BCUT2D eigenvalue weighted by Gasteiger charge is 2.26. The zero-order valence-corrected chi connectivity index (χ0v) is 20.9. The van der Waals surface area contributed by atoms with Gasteiger partial charge in [0.1, 0.15) is 0 Å².